The van der Waals surface area contributed by atoms with Gasteiger partial charge >= 0.3 is 0 Å². The van der Waals surface area contributed by atoms with Gasteiger partial charge in [0, 0.05) is 24.1 Å². The summed E-state index contributed by atoms with van der Waals surface area (Å²) in [4.78, 5) is 17.2. The number of nitrogens with zero attached hydrogens (tertiary/aromatic N) is 4. The summed E-state index contributed by atoms with van der Waals surface area (Å²) in [6.07, 6.45) is 5.85. The number of carbonyl (C=O) groups excluding carboxylic acids is 1. The van der Waals surface area contributed by atoms with Crippen LogP contribution in [-0.2, 0) is 5.75 Å². The normalized spacial score (nSPS) is 14.9. The van der Waals surface area contributed by atoms with Gasteiger partial charge in [0.05, 0.1) is 23.5 Å². The Kier molecular flexibility index (Phi) is 4.98. The number of amides is 1. The molecule has 3 heterocycles. The molecule has 0 aliphatic heterocycles. The first-order valence-electron chi connectivity index (χ1n) is 8.96. The zero-order chi connectivity index (χ0) is 18.8. The SMILES string of the molecule is Cc1cc(CSc2ncccc2C(=O)Nc2ccnn2C(C)C2CC2)no1. The van der Waals surface area contributed by atoms with Crippen molar-refractivity contribution in [3.63, 3.8) is 0 Å². The second-order valence-electron chi connectivity index (χ2n) is 6.77. The zero-order valence-corrected chi connectivity index (χ0v) is 16.1. The summed E-state index contributed by atoms with van der Waals surface area (Å²) in [5, 5.41) is 12.0. The molecule has 27 heavy (non-hydrogen) atoms. The Hall–Kier alpha value is -2.61. The number of aromatic nitrogens is 4. The molecule has 0 bridgehead atoms. The number of aryl methyl sites for hydroxylation is 1. The second-order valence-corrected chi connectivity index (χ2v) is 7.73. The van der Waals surface area contributed by atoms with E-state index in [4.69, 9.17) is 4.52 Å². The van der Waals surface area contributed by atoms with Gasteiger partial charge in [-0.2, -0.15) is 5.10 Å². The van der Waals surface area contributed by atoms with Gasteiger partial charge in [0.1, 0.15) is 16.6 Å². The number of thioether (sulfide) groups is 1. The third-order valence-corrected chi connectivity index (χ3v) is 5.69. The van der Waals surface area contributed by atoms with Crippen LogP contribution in [0.3, 0.4) is 0 Å². The molecular formula is C19H21N5O2S. The molecule has 0 aromatic carbocycles. The van der Waals surface area contributed by atoms with E-state index in [0.29, 0.717) is 28.1 Å². The summed E-state index contributed by atoms with van der Waals surface area (Å²) >= 11 is 1.46. The summed E-state index contributed by atoms with van der Waals surface area (Å²) in [5.41, 5.74) is 1.36. The lowest BCUT2D eigenvalue weighted by Crippen LogP contribution is -2.19. The van der Waals surface area contributed by atoms with Crippen LogP contribution in [0.5, 0.6) is 0 Å². The van der Waals surface area contributed by atoms with Gasteiger partial charge in [0.15, 0.2) is 0 Å². The fourth-order valence-corrected chi connectivity index (χ4v) is 3.88. The van der Waals surface area contributed by atoms with Crippen molar-refractivity contribution >= 4 is 23.5 Å². The molecule has 1 unspecified atom stereocenters. The molecule has 7 nitrogen and oxygen atoms in total. The molecule has 0 radical (unpaired) electrons. The van der Waals surface area contributed by atoms with Gasteiger partial charge in [0.25, 0.3) is 5.91 Å². The van der Waals surface area contributed by atoms with Crippen molar-refractivity contribution in [1.82, 2.24) is 19.9 Å². The monoisotopic (exact) mass is 383 g/mol. The third-order valence-electron chi connectivity index (χ3n) is 4.65. The highest BCUT2D eigenvalue weighted by atomic mass is 32.2. The summed E-state index contributed by atoms with van der Waals surface area (Å²) in [7, 11) is 0. The van der Waals surface area contributed by atoms with Crippen LogP contribution in [0.2, 0.25) is 0 Å². The minimum atomic E-state index is -0.188. The van der Waals surface area contributed by atoms with Crippen molar-refractivity contribution in [2.75, 3.05) is 5.32 Å². The number of nitrogens with one attached hydrogen (secondary N) is 1. The summed E-state index contributed by atoms with van der Waals surface area (Å²) in [6, 6.07) is 7.55. The van der Waals surface area contributed by atoms with Gasteiger partial charge in [0.2, 0.25) is 0 Å². The molecule has 0 spiro atoms. The topological polar surface area (TPSA) is 85.8 Å². The van der Waals surface area contributed by atoms with Crippen LogP contribution >= 0.6 is 11.8 Å². The maximum atomic E-state index is 12.9. The Balaban J connectivity index is 1.48. The molecule has 1 saturated carbocycles. The Morgan fingerprint density at radius 2 is 2.26 bits per heavy atom. The van der Waals surface area contributed by atoms with Crippen LogP contribution in [0.4, 0.5) is 5.82 Å². The number of rotatable bonds is 7. The van der Waals surface area contributed by atoms with E-state index in [1.54, 1.807) is 24.5 Å². The second kappa shape index (κ2) is 7.56. The van der Waals surface area contributed by atoms with Crippen LogP contribution in [0.1, 0.15) is 47.6 Å². The van der Waals surface area contributed by atoms with Crippen LogP contribution in [0.15, 0.2) is 46.2 Å². The first-order chi connectivity index (χ1) is 13.1. The Labute approximate surface area is 161 Å². The minimum absolute atomic E-state index is 0.188. The first kappa shape index (κ1) is 17.8. The summed E-state index contributed by atoms with van der Waals surface area (Å²) in [5.74, 6) is 2.53. The van der Waals surface area contributed by atoms with Crippen molar-refractivity contribution in [2.45, 2.75) is 43.5 Å². The van der Waals surface area contributed by atoms with Crippen molar-refractivity contribution in [2.24, 2.45) is 5.92 Å². The molecule has 1 fully saturated rings. The van der Waals surface area contributed by atoms with Gasteiger partial charge in [-0.3, -0.25) is 4.79 Å². The fraction of sp³-hybridized carbons (Fsp3) is 0.368. The van der Waals surface area contributed by atoms with Gasteiger partial charge in [-0.1, -0.05) is 16.9 Å². The zero-order valence-electron chi connectivity index (χ0n) is 15.3. The molecule has 3 aromatic rings. The minimum Gasteiger partial charge on any atom is -0.361 e. The number of hydrogen-bond donors (Lipinski definition) is 1. The van der Waals surface area contributed by atoms with Gasteiger partial charge in [-0.15, -0.1) is 0 Å². The largest absolute Gasteiger partial charge is 0.361 e. The smallest absolute Gasteiger partial charge is 0.259 e. The van der Waals surface area contributed by atoms with Crippen molar-refractivity contribution in [3.8, 4) is 0 Å². The standard InChI is InChI=1S/C19H21N5O2S/c1-12-10-15(23-26-12)11-27-19-16(4-3-8-20-19)18(25)22-17-7-9-21-24(17)13(2)14-5-6-14/h3-4,7-10,13-14H,5-6,11H2,1-2H3,(H,22,25). The molecule has 1 amide bonds. The molecule has 140 valence electrons. The molecule has 8 heteroatoms. The average Bonchev–Trinajstić information content (AvgIpc) is 3.29. The summed E-state index contributed by atoms with van der Waals surface area (Å²) in [6.45, 7) is 4.00. The number of hydrogen-bond acceptors (Lipinski definition) is 6. The Morgan fingerprint density at radius 3 is 3.00 bits per heavy atom. The number of carbonyl (C=O) groups is 1. The quantitative estimate of drug-likeness (QED) is 0.619. The van der Waals surface area contributed by atoms with Crippen molar-refractivity contribution in [3.05, 3.63) is 53.7 Å². The predicted molar refractivity (Wildman–Crippen MR) is 103 cm³/mol. The van der Waals surface area contributed by atoms with E-state index in [0.717, 1.165) is 11.5 Å². The molecule has 0 saturated heterocycles. The average molecular weight is 383 g/mol. The van der Waals surface area contributed by atoms with Crippen molar-refractivity contribution < 1.29 is 9.32 Å². The Bertz CT molecular complexity index is 947. The molecule has 4 rings (SSSR count). The highest BCUT2D eigenvalue weighted by Crippen LogP contribution is 2.40. The highest BCUT2D eigenvalue weighted by molar-refractivity contribution is 7.98. The lowest BCUT2D eigenvalue weighted by Gasteiger charge is -2.15. The van der Waals surface area contributed by atoms with E-state index in [9.17, 15) is 4.79 Å². The molecule has 1 N–H and O–H groups in total. The van der Waals surface area contributed by atoms with Crippen molar-refractivity contribution in [1.29, 1.82) is 0 Å². The van der Waals surface area contributed by atoms with Gasteiger partial charge in [-0.25, -0.2) is 9.67 Å². The van der Waals surface area contributed by atoms with E-state index in [1.165, 1.54) is 24.6 Å². The van der Waals surface area contributed by atoms with Gasteiger partial charge in [-0.05, 0) is 44.7 Å². The summed E-state index contributed by atoms with van der Waals surface area (Å²) < 4.78 is 6.99. The lowest BCUT2D eigenvalue weighted by atomic mass is 10.2. The number of anilines is 1. The van der Waals surface area contributed by atoms with Crippen LogP contribution < -0.4 is 5.32 Å². The molecular weight excluding hydrogens is 362 g/mol. The molecule has 1 atom stereocenters. The maximum absolute atomic E-state index is 12.9. The van der Waals surface area contributed by atoms with E-state index in [-0.39, 0.29) is 11.9 Å². The lowest BCUT2D eigenvalue weighted by molar-refractivity contribution is 0.102. The third kappa shape index (κ3) is 4.05. The maximum Gasteiger partial charge on any atom is 0.259 e. The van der Waals surface area contributed by atoms with E-state index >= 15 is 0 Å². The molecule has 1 aliphatic rings. The first-order valence-corrected chi connectivity index (χ1v) is 9.95. The van der Waals surface area contributed by atoms with E-state index in [2.05, 4.69) is 27.5 Å². The van der Waals surface area contributed by atoms with E-state index in [1.807, 2.05) is 23.7 Å². The van der Waals surface area contributed by atoms with Gasteiger partial charge < -0.3 is 9.84 Å². The number of pyridine rings is 1. The fourth-order valence-electron chi connectivity index (χ4n) is 3.01. The molecule has 1 aliphatic carbocycles. The predicted octanol–water partition coefficient (Wildman–Crippen LogP) is 4.09. The van der Waals surface area contributed by atoms with E-state index < -0.39 is 0 Å². The molecule has 3 aromatic heterocycles. The van der Waals surface area contributed by atoms with Crippen LogP contribution in [-0.4, -0.2) is 25.8 Å². The highest BCUT2D eigenvalue weighted by Gasteiger charge is 2.31. The Morgan fingerprint density at radius 1 is 1.41 bits per heavy atom. The van der Waals surface area contributed by atoms with Crippen LogP contribution in [0, 0.1) is 12.8 Å². The van der Waals surface area contributed by atoms with Crippen LogP contribution in [0.25, 0.3) is 0 Å².